The van der Waals surface area contributed by atoms with Crippen LogP contribution in [-0.2, 0) is 0 Å². The van der Waals surface area contributed by atoms with Crippen molar-refractivity contribution in [1.29, 1.82) is 0 Å². The van der Waals surface area contributed by atoms with Gasteiger partial charge >= 0.3 is 0 Å². The SMILES string of the molecule is Cc1cc(N)nc(-c2ccc(OC(C)C)cc2)n1. The third-order valence-corrected chi connectivity index (χ3v) is 2.36. The van der Waals surface area contributed by atoms with E-state index in [1.54, 1.807) is 6.07 Å². The summed E-state index contributed by atoms with van der Waals surface area (Å²) in [5.74, 6) is 1.97. The van der Waals surface area contributed by atoms with Crippen LogP contribution in [0.25, 0.3) is 11.4 Å². The molecule has 0 aliphatic carbocycles. The summed E-state index contributed by atoms with van der Waals surface area (Å²) in [6, 6.07) is 9.45. The quantitative estimate of drug-likeness (QED) is 0.900. The molecule has 2 aromatic rings. The van der Waals surface area contributed by atoms with Crippen molar-refractivity contribution in [2.24, 2.45) is 0 Å². The molecule has 0 unspecified atom stereocenters. The lowest BCUT2D eigenvalue weighted by atomic mass is 10.2. The summed E-state index contributed by atoms with van der Waals surface area (Å²) in [6.45, 7) is 5.90. The molecule has 18 heavy (non-hydrogen) atoms. The second kappa shape index (κ2) is 5.04. The van der Waals surface area contributed by atoms with Crippen molar-refractivity contribution < 1.29 is 4.74 Å². The first-order valence-corrected chi connectivity index (χ1v) is 5.93. The van der Waals surface area contributed by atoms with E-state index in [0.29, 0.717) is 11.6 Å². The van der Waals surface area contributed by atoms with Crippen LogP contribution in [0, 0.1) is 6.92 Å². The Labute approximate surface area is 107 Å². The van der Waals surface area contributed by atoms with Gasteiger partial charge in [0.15, 0.2) is 5.82 Å². The van der Waals surface area contributed by atoms with Gasteiger partial charge in [-0.25, -0.2) is 9.97 Å². The summed E-state index contributed by atoms with van der Waals surface area (Å²) in [5, 5.41) is 0. The molecule has 0 bridgehead atoms. The van der Waals surface area contributed by atoms with Gasteiger partial charge in [0, 0.05) is 17.3 Å². The molecule has 0 aliphatic heterocycles. The van der Waals surface area contributed by atoms with Crippen LogP contribution in [0.5, 0.6) is 5.75 Å². The van der Waals surface area contributed by atoms with Crippen molar-refractivity contribution >= 4 is 5.82 Å². The molecule has 0 amide bonds. The molecule has 2 rings (SSSR count). The number of anilines is 1. The fourth-order valence-electron chi connectivity index (χ4n) is 1.68. The van der Waals surface area contributed by atoms with E-state index in [-0.39, 0.29) is 6.10 Å². The number of aryl methyl sites for hydroxylation is 1. The lowest BCUT2D eigenvalue weighted by Gasteiger charge is -2.10. The number of aromatic nitrogens is 2. The summed E-state index contributed by atoms with van der Waals surface area (Å²) in [4.78, 5) is 8.58. The minimum Gasteiger partial charge on any atom is -0.491 e. The van der Waals surface area contributed by atoms with E-state index in [4.69, 9.17) is 10.5 Å². The molecule has 94 valence electrons. The first kappa shape index (κ1) is 12.4. The standard InChI is InChI=1S/C14H17N3O/c1-9(2)18-12-6-4-11(5-7-12)14-16-10(3)8-13(15)17-14/h4-9H,1-3H3,(H2,15,16,17). The van der Waals surface area contributed by atoms with Crippen molar-refractivity contribution in [2.45, 2.75) is 26.9 Å². The van der Waals surface area contributed by atoms with Gasteiger partial charge in [-0.15, -0.1) is 0 Å². The fourth-order valence-corrected chi connectivity index (χ4v) is 1.68. The van der Waals surface area contributed by atoms with Gasteiger partial charge < -0.3 is 10.5 Å². The molecule has 0 radical (unpaired) electrons. The van der Waals surface area contributed by atoms with Crippen molar-refractivity contribution in [1.82, 2.24) is 9.97 Å². The van der Waals surface area contributed by atoms with Crippen LogP contribution in [0.1, 0.15) is 19.5 Å². The second-order valence-electron chi connectivity index (χ2n) is 4.45. The number of nitrogens with two attached hydrogens (primary N) is 1. The van der Waals surface area contributed by atoms with Crippen molar-refractivity contribution in [2.75, 3.05) is 5.73 Å². The molecule has 0 fully saturated rings. The third kappa shape index (κ3) is 2.97. The van der Waals surface area contributed by atoms with Gasteiger partial charge in [0.25, 0.3) is 0 Å². The molecule has 0 saturated heterocycles. The highest BCUT2D eigenvalue weighted by Gasteiger charge is 2.04. The first-order valence-electron chi connectivity index (χ1n) is 5.93. The van der Waals surface area contributed by atoms with E-state index >= 15 is 0 Å². The number of ether oxygens (including phenoxy) is 1. The number of hydrogen-bond donors (Lipinski definition) is 1. The molecular weight excluding hydrogens is 226 g/mol. The lowest BCUT2D eigenvalue weighted by molar-refractivity contribution is 0.242. The molecule has 1 aromatic heterocycles. The van der Waals surface area contributed by atoms with Crippen LogP contribution >= 0.6 is 0 Å². The summed E-state index contributed by atoms with van der Waals surface area (Å²) < 4.78 is 5.59. The van der Waals surface area contributed by atoms with E-state index < -0.39 is 0 Å². The van der Waals surface area contributed by atoms with Gasteiger partial charge in [-0.05, 0) is 45.0 Å². The number of nitrogens with zero attached hydrogens (tertiary/aromatic N) is 2. The highest BCUT2D eigenvalue weighted by molar-refractivity contribution is 5.58. The minimum absolute atomic E-state index is 0.168. The number of nitrogen functional groups attached to an aromatic ring is 1. The fraction of sp³-hybridized carbons (Fsp3) is 0.286. The van der Waals surface area contributed by atoms with Gasteiger partial charge in [-0.2, -0.15) is 0 Å². The summed E-state index contributed by atoms with van der Waals surface area (Å²) >= 11 is 0. The Morgan fingerprint density at radius 3 is 2.33 bits per heavy atom. The Hall–Kier alpha value is -2.10. The first-order chi connectivity index (χ1) is 8.54. The van der Waals surface area contributed by atoms with Crippen LogP contribution in [0.15, 0.2) is 30.3 Å². The average molecular weight is 243 g/mol. The van der Waals surface area contributed by atoms with Crippen molar-refractivity contribution in [3.63, 3.8) is 0 Å². The van der Waals surface area contributed by atoms with Gasteiger partial charge in [-0.3, -0.25) is 0 Å². The molecule has 4 nitrogen and oxygen atoms in total. The van der Waals surface area contributed by atoms with Crippen LogP contribution in [0.2, 0.25) is 0 Å². The summed E-state index contributed by atoms with van der Waals surface area (Å²) in [5.41, 5.74) is 7.51. The zero-order valence-electron chi connectivity index (χ0n) is 10.8. The van der Waals surface area contributed by atoms with Crippen LogP contribution < -0.4 is 10.5 Å². The zero-order valence-corrected chi connectivity index (χ0v) is 10.8. The number of benzene rings is 1. The van der Waals surface area contributed by atoms with Gasteiger partial charge in [0.2, 0.25) is 0 Å². The van der Waals surface area contributed by atoms with E-state index in [1.807, 2.05) is 45.0 Å². The lowest BCUT2D eigenvalue weighted by Crippen LogP contribution is -2.05. The maximum Gasteiger partial charge on any atom is 0.161 e. The highest BCUT2D eigenvalue weighted by Crippen LogP contribution is 2.21. The predicted molar refractivity (Wildman–Crippen MR) is 72.4 cm³/mol. The van der Waals surface area contributed by atoms with E-state index in [1.165, 1.54) is 0 Å². The third-order valence-electron chi connectivity index (χ3n) is 2.36. The molecule has 0 atom stereocenters. The number of rotatable bonds is 3. The smallest absolute Gasteiger partial charge is 0.161 e. The Balaban J connectivity index is 2.28. The highest BCUT2D eigenvalue weighted by atomic mass is 16.5. The van der Waals surface area contributed by atoms with E-state index in [0.717, 1.165) is 17.0 Å². The molecule has 1 aromatic carbocycles. The molecule has 4 heteroatoms. The molecule has 0 saturated carbocycles. The van der Waals surface area contributed by atoms with Crippen LogP contribution in [0.3, 0.4) is 0 Å². The Bertz CT molecular complexity index is 515. The van der Waals surface area contributed by atoms with Crippen LogP contribution in [-0.4, -0.2) is 16.1 Å². The predicted octanol–water partition coefficient (Wildman–Crippen LogP) is 2.82. The van der Waals surface area contributed by atoms with Gasteiger partial charge in [-0.1, -0.05) is 0 Å². The topological polar surface area (TPSA) is 61.0 Å². The van der Waals surface area contributed by atoms with Crippen LogP contribution in [0.4, 0.5) is 5.82 Å². The second-order valence-corrected chi connectivity index (χ2v) is 4.45. The number of hydrogen-bond acceptors (Lipinski definition) is 4. The van der Waals surface area contributed by atoms with Gasteiger partial charge in [0.1, 0.15) is 11.6 Å². The van der Waals surface area contributed by atoms with Crippen molar-refractivity contribution in [3.05, 3.63) is 36.0 Å². The molecule has 2 N–H and O–H groups in total. The summed E-state index contributed by atoms with van der Waals surface area (Å²) in [7, 11) is 0. The maximum atomic E-state index is 5.72. The Morgan fingerprint density at radius 1 is 1.11 bits per heavy atom. The Kier molecular flexibility index (Phi) is 3.46. The Morgan fingerprint density at radius 2 is 1.78 bits per heavy atom. The molecule has 1 heterocycles. The largest absolute Gasteiger partial charge is 0.491 e. The van der Waals surface area contributed by atoms with Gasteiger partial charge in [0.05, 0.1) is 6.10 Å². The molecule has 0 spiro atoms. The van der Waals surface area contributed by atoms with E-state index in [9.17, 15) is 0 Å². The minimum atomic E-state index is 0.168. The summed E-state index contributed by atoms with van der Waals surface area (Å²) in [6.07, 6.45) is 0.168. The van der Waals surface area contributed by atoms with E-state index in [2.05, 4.69) is 9.97 Å². The van der Waals surface area contributed by atoms with Crippen molar-refractivity contribution in [3.8, 4) is 17.1 Å². The normalized spacial score (nSPS) is 10.7. The molecule has 0 aliphatic rings. The molecular formula is C14H17N3O. The zero-order chi connectivity index (χ0) is 13.1. The average Bonchev–Trinajstić information content (AvgIpc) is 2.27. The monoisotopic (exact) mass is 243 g/mol. The maximum absolute atomic E-state index is 5.72.